The van der Waals surface area contributed by atoms with E-state index >= 15 is 0 Å². The second kappa shape index (κ2) is 9.78. The lowest BCUT2D eigenvalue weighted by Crippen LogP contribution is -2.48. The summed E-state index contributed by atoms with van der Waals surface area (Å²) in [7, 11) is 0. The first kappa shape index (κ1) is 23.7. The number of carbonyl (C=O) groups is 1. The highest BCUT2D eigenvalue weighted by molar-refractivity contribution is 5.95. The molecule has 0 spiro atoms. The molecule has 2 heterocycles. The lowest BCUT2D eigenvalue weighted by molar-refractivity contribution is -0.138. The number of benzene rings is 1. The van der Waals surface area contributed by atoms with Crippen LogP contribution in [0.2, 0.25) is 0 Å². The summed E-state index contributed by atoms with van der Waals surface area (Å²) < 4.78 is 52.7. The van der Waals surface area contributed by atoms with Crippen LogP contribution in [0.25, 0.3) is 0 Å². The number of rotatable bonds is 6. The van der Waals surface area contributed by atoms with Crippen LogP contribution in [0, 0.1) is 5.82 Å². The zero-order chi connectivity index (χ0) is 24.3. The highest BCUT2D eigenvalue weighted by Gasteiger charge is 2.39. The number of aromatic nitrogens is 1. The van der Waals surface area contributed by atoms with Gasteiger partial charge in [-0.05, 0) is 56.0 Å². The Kier molecular flexibility index (Phi) is 6.80. The van der Waals surface area contributed by atoms with E-state index in [1.54, 1.807) is 29.2 Å². The molecule has 0 bridgehead atoms. The van der Waals surface area contributed by atoms with Gasteiger partial charge in [-0.2, -0.15) is 13.2 Å². The van der Waals surface area contributed by atoms with E-state index in [4.69, 9.17) is 5.73 Å². The third-order valence-corrected chi connectivity index (χ3v) is 5.96. The van der Waals surface area contributed by atoms with Crippen LogP contribution in [0.15, 0.2) is 46.5 Å². The quantitative estimate of drug-likeness (QED) is 0.385. The highest BCUT2D eigenvalue weighted by Crippen LogP contribution is 2.35. The number of piperidine rings is 1. The number of hydrogen-bond donors (Lipinski definition) is 1. The van der Waals surface area contributed by atoms with Gasteiger partial charge < -0.3 is 15.5 Å². The Morgan fingerprint density at radius 3 is 2.32 bits per heavy atom. The van der Waals surface area contributed by atoms with Crippen LogP contribution in [-0.4, -0.2) is 53.6 Å². The highest BCUT2D eigenvalue weighted by atomic mass is 19.4. The Bertz CT molecular complexity index is 1070. The predicted octanol–water partition coefficient (Wildman–Crippen LogP) is 4.16. The van der Waals surface area contributed by atoms with Crippen molar-refractivity contribution in [3.63, 3.8) is 0 Å². The zero-order valence-electron chi connectivity index (χ0n) is 18.2. The maximum absolute atomic E-state index is 14.3. The zero-order valence-corrected chi connectivity index (χ0v) is 18.2. The van der Waals surface area contributed by atoms with Crippen molar-refractivity contribution >= 4 is 30.1 Å². The molecule has 0 atom stereocenters. The molecule has 2 aromatic rings. The van der Waals surface area contributed by atoms with Gasteiger partial charge in [0, 0.05) is 36.9 Å². The Morgan fingerprint density at radius 1 is 1.12 bits per heavy atom. The second-order valence-electron chi connectivity index (χ2n) is 8.28. The van der Waals surface area contributed by atoms with E-state index in [-0.39, 0.29) is 23.8 Å². The number of hydrogen-bond acceptors (Lipinski definition) is 4. The molecule has 1 aliphatic heterocycles. The van der Waals surface area contributed by atoms with Gasteiger partial charge >= 0.3 is 6.18 Å². The molecule has 0 unspecified atom stereocenters. The number of aliphatic imine (C=N–C) groups is 2. The van der Waals surface area contributed by atoms with Crippen molar-refractivity contribution in [3.8, 4) is 0 Å². The standard InChI is InChI=1S/C23H24F4N6O/c24-20-11-16(23(25,26)27)12-30-21(20)32-9-7-19(8-10-32)33(18-5-6-18)22(34)15-1-3-17(4-2-15)31-14-29-13-28/h1-4,11-14,18-19H,5-10H2,(H2,28,29,31). The summed E-state index contributed by atoms with van der Waals surface area (Å²) >= 11 is 0. The molecule has 4 rings (SSSR count). The number of carbonyl (C=O) groups excluding carboxylic acids is 1. The van der Waals surface area contributed by atoms with E-state index in [0.717, 1.165) is 19.2 Å². The first-order valence-electron chi connectivity index (χ1n) is 10.9. The van der Waals surface area contributed by atoms with Gasteiger partial charge in [0.1, 0.15) is 6.34 Å². The van der Waals surface area contributed by atoms with Crippen molar-refractivity contribution in [2.75, 3.05) is 18.0 Å². The molecule has 34 heavy (non-hydrogen) atoms. The Balaban J connectivity index is 1.42. The van der Waals surface area contributed by atoms with Crippen molar-refractivity contribution in [2.45, 2.75) is 43.9 Å². The molecule has 0 radical (unpaired) electrons. The first-order chi connectivity index (χ1) is 16.3. The fourth-order valence-corrected chi connectivity index (χ4v) is 4.13. The Hall–Kier alpha value is -3.50. The van der Waals surface area contributed by atoms with Crippen LogP contribution in [0.1, 0.15) is 41.6 Å². The lowest BCUT2D eigenvalue weighted by Gasteiger charge is -2.39. The van der Waals surface area contributed by atoms with E-state index in [1.807, 2.05) is 4.90 Å². The molecular formula is C23H24F4N6O. The van der Waals surface area contributed by atoms with Crippen molar-refractivity contribution < 1.29 is 22.4 Å². The average molecular weight is 476 g/mol. The summed E-state index contributed by atoms with van der Waals surface area (Å²) in [5.74, 6) is -1.16. The third-order valence-electron chi connectivity index (χ3n) is 5.96. The topological polar surface area (TPSA) is 87.2 Å². The summed E-state index contributed by atoms with van der Waals surface area (Å²) in [4.78, 5) is 28.4. The fraction of sp³-hybridized carbons (Fsp3) is 0.391. The summed E-state index contributed by atoms with van der Waals surface area (Å²) in [6, 6.07) is 7.49. The van der Waals surface area contributed by atoms with Crippen LogP contribution in [-0.2, 0) is 6.18 Å². The summed E-state index contributed by atoms with van der Waals surface area (Å²) in [5.41, 5.74) is 5.24. The SMILES string of the molecule is NC=NC=Nc1ccc(C(=O)N(C2CC2)C2CCN(c3ncc(C(F)(F)F)cc3F)CC2)cc1. The molecule has 1 saturated carbocycles. The Labute approximate surface area is 194 Å². The molecule has 2 aliphatic rings. The minimum atomic E-state index is -4.65. The largest absolute Gasteiger partial charge is 0.417 e. The normalized spacial score (nSPS) is 17.6. The summed E-state index contributed by atoms with van der Waals surface area (Å²) in [6.07, 6.45) is 1.46. The van der Waals surface area contributed by atoms with Gasteiger partial charge in [0.25, 0.3) is 5.91 Å². The van der Waals surface area contributed by atoms with Crippen LogP contribution < -0.4 is 10.6 Å². The number of amides is 1. The molecule has 180 valence electrons. The summed E-state index contributed by atoms with van der Waals surface area (Å²) in [5, 5.41) is 0. The maximum Gasteiger partial charge on any atom is 0.417 e. The van der Waals surface area contributed by atoms with Crippen molar-refractivity contribution in [3.05, 3.63) is 53.5 Å². The molecule has 1 amide bonds. The van der Waals surface area contributed by atoms with Crippen LogP contribution >= 0.6 is 0 Å². The molecule has 2 fully saturated rings. The number of pyridine rings is 1. The van der Waals surface area contributed by atoms with Gasteiger partial charge in [-0.1, -0.05) is 0 Å². The van der Waals surface area contributed by atoms with Crippen LogP contribution in [0.5, 0.6) is 0 Å². The molecule has 11 heteroatoms. The van der Waals surface area contributed by atoms with Gasteiger partial charge in [-0.25, -0.2) is 19.4 Å². The van der Waals surface area contributed by atoms with E-state index in [9.17, 15) is 22.4 Å². The van der Waals surface area contributed by atoms with Crippen molar-refractivity contribution in [1.29, 1.82) is 0 Å². The van der Waals surface area contributed by atoms with E-state index in [0.29, 0.717) is 49.4 Å². The van der Waals surface area contributed by atoms with E-state index in [1.165, 1.54) is 6.34 Å². The third kappa shape index (κ3) is 5.35. The number of nitrogens with zero attached hydrogens (tertiary/aromatic N) is 5. The molecule has 1 aromatic heterocycles. The number of halogens is 4. The molecule has 2 N–H and O–H groups in total. The van der Waals surface area contributed by atoms with Crippen LogP contribution in [0.3, 0.4) is 0 Å². The summed E-state index contributed by atoms with van der Waals surface area (Å²) in [6.45, 7) is 0.789. The van der Waals surface area contributed by atoms with E-state index < -0.39 is 17.6 Å². The van der Waals surface area contributed by atoms with Crippen molar-refractivity contribution in [2.24, 2.45) is 15.7 Å². The van der Waals surface area contributed by atoms with Gasteiger partial charge in [0.2, 0.25) is 0 Å². The number of alkyl halides is 3. The van der Waals surface area contributed by atoms with Gasteiger partial charge in [-0.15, -0.1) is 0 Å². The molecular weight excluding hydrogens is 452 g/mol. The predicted molar refractivity (Wildman–Crippen MR) is 121 cm³/mol. The smallest absolute Gasteiger partial charge is 0.390 e. The van der Waals surface area contributed by atoms with Gasteiger partial charge in [0.05, 0.1) is 17.6 Å². The number of anilines is 1. The molecule has 7 nitrogen and oxygen atoms in total. The van der Waals surface area contributed by atoms with Gasteiger partial charge in [-0.3, -0.25) is 4.79 Å². The molecule has 1 saturated heterocycles. The van der Waals surface area contributed by atoms with Crippen LogP contribution in [0.4, 0.5) is 29.1 Å². The average Bonchev–Trinajstić information content (AvgIpc) is 3.65. The minimum absolute atomic E-state index is 0.0367. The second-order valence-corrected chi connectivity index (χ2v) is 8.28. The molecule has 1 aromatic carbocycles. The van der Waals surface area contributed by atoms with E-state index in [2.05, 4.69) is 15.0 Å². The number of nitrogens with two attached hydrogens (primary N) is 1. The Morgan fingerprint density at radius 2 is 1.76 bits per heavy atom. The van der Waals surface area contributed by atoms with Crippen molar-refractivity contribution in [1.82, 2.24) is 9.88 Å². The van der Waals surface area contributed by atoms with Gasteiger partial charge in [0.15, 0.2) is 11.6 Å². The minimum Gasteiger partial charge on any atom is -0.390 e. The fourth-order valence-electron chi connectivity index (χ4n) is 4.13. The first-order valence-corrected chi connectivity index (χ1v) is 10.9. The monoisotopic (exact) mass is 476 g/mol. The maximum atomic E-state index is 14.3. The molecule has 1 aliphatic carbocycles. The lowest BCUT2D eigenvalue weighted by atomic mass is 10.0.